The standard InChI is InChI=1S/C30H30N2O8/c1-37-24-15-18(16-25(38-2)30(24)39-3)29-28-20(13-17(14-22(28)33)23-9-6-12-40-23)31-19-7-4-5-8-21(19)32(29)26(34)10-11-27(35)36/h4-9,12,15-17,29,31H,10-11,13-14H2,1-3H3,(H,35,36)/t17-,29-/m0/s1. The molecule has 10 heteroatoms. The van der Waals surface area contributed by atoms with Gasteiger partial charge < -0.3 is 29.1 Å². The molecule has 5 rings (SSSR count). The number of carboxylic acids is 1. The SMILES string of the molecule is COc1cc([C@H]2C3=C(C[C@H](c4ccco4)CC3=O)Nc3ccccc3N2C(=O)CCC(=O)O)cc(OC)c1OC. The summed E-state index contributed by atoms with van der Waals surface area (Å²) in [5.74, 6) is -0.0737. The number of nitrogens with one attached hydrogen (secondary N) is 1. The van der Waals surface area contributed by atoms with E-state index in [0.717, 1.165) is 0 Å². The largest absolute Gasteiger partial charge is 0.493 e. The van der Waals surface area contributed by atoms with Crippen LogP contribution in [0.5, 0.6) is 17.2 Å². The molecule has 208 valence electrons. The van der Waals surface area contributed by atoms with Crippen LogP contribution in [0.2, 0.25) is 0 Å². The van der Waals surface area contributed by atoms with Crippen LogP contribution in [0.1, 0.15) is 49.0 Å². The number of methoxy groups -OCH3 is 3. The lowest BCUT2D eigenvalue weighted by Gasteiger charge is -2.35. The third kappa shape index (κ3) is 4.88. The van der Waals surface area contributed by atoms with E-state index in [2.05, 4.69) is 5.32 Å². The summed E-state index contributed by atoms with van der Waals surface area (Å²) >= 11 is 0. The Morgan fingerprint density at radius 3 is 2.35 bits per heavy atom. The minimum absolute atomic E-state index is 0.155. The van der Waals surface area contributed by atoms with Crippen LogP contribution >= 0.6 is 0 Å². The molecule has 2 aliphatic rings. The smallest absolute Gasteiger partial charge is 0.303 e. The number of fused-ring (bicyclic) bond motifs is 1. The summed E-state index contributed by atoms with van der Waals surface area (Å²) in [5.41, 5.74) is 2.78. The molecule has 0 saturated carbocycles. The molecule has 2 atom stereocenters. The van der Waals surface area contributed by atoms with Crippen molar-refractivity contribution in [2.75, 3.05) is 31.5 Å². The van der Waals surface area contributed by atoms with Gasteiger partial charge in [0.15, 0.2) is 17.3 Å². The van der Waals surface area contributed by atoms with Gasteiger partial charge in [0.1, 0.15) is 5.76 Å². The van der Waals surface area contributed by atoms with Crippen LogP contribution in [0.15, 0.2) is 70.5 Å². The highest BCUT2D eigenvalue weighted by atomic mass is 16.5. The number of anilines is 2. The molecule has 0 spiro atoms. The van der Waals surface area contributed by atoms with Gasteiger partial charge in [-0.25, -0.2) is 0 Å². The predicted molar refractivity (Wildman–Crippen MR) is 146 cm³/mol. The Labute approximate surface area is 231 Å². The molecule has 0 saturated heterocycles. The molecule has 1 aliphatic heterocycles. The minimum atomic E-state index is -1.09. The van der Waals surface area contributed by atoms with Gasteiger partial charge in [-0.1, -0.05) is 12.1 Å². The van der Waals surface area contributed by atoms with Crippen molar-refractivity contribution in [3.63, 3.8) is 0 Å². The van der Waals surface area contributed by atoms with E-state index in [1.165, 1.54) is 26.2 Å². The van der Waals surface area contributed by atoms with Crippen LogP contribution in [0, 0.1) is 0 Å². The molecule has 1 aromatic heterocycles. The molecule has 2 aromatic carbocycles. The molecule has 3 aromatic rings. The number of Topliss-reactive ketones (excluding diaryl/α,β-unsaturated/α-hetero) is 1. The van der Waals surface area contributed by atoms with Gasteiger partial charge >= 0.3 is 5.97 Å². The van der Waals surface area contributed by atoms with Crippen molar-refractivity contribution in [2.45, 2.75) is 37.6 Å². The molecule has 0 bridgehead atoms. The number of rotatable bonds is 8. The molecule has 2 heterocycles. The number of aliphatic carboxylic acids is 1. The van der Waals surface area contributed by atoms with Crippen molar-refractivity contribution in [3.8, 4) is 17.2 Å². The van der Waals surface area contributed by atoms with Gasteiger partial charge in [0.05, 0.1) is 51.4 Å². The van der Waals surface area contributed by atoms with Gasteiger partial charge in [-0.3, -0.25) is 19.3 Å². The number of ketones is 1. The van der Waals surface area contributed by atoms with Gasteiger partial charge in [0.2, 0.25) is 11.7 Å². The van der Waals surface area contributed by atoms with E-state index in [1.807, 2.05) is 18.2 Å². The lowest BCUT2D eigenvalue weighted by Crippen LogP contribution is -2.38. The Hall–Kier alpha value is -4.73. The minimum Gasteiger partial charge on any atom is -0.493 e. The summed E-state index contributed by atoms with van der Waals surface area (Å²) in [7, 11) is 4.48. The van der Waals surface area contributed by atoms with Crippen molar-refractivity contribution in [1.82, 2.24) is 0 Å². The number of furan rings is 1. The number of carbonyl (C=O) groups is 3. The average molecular weight is 547 g/mol. The number of para-hydroxylation sites is 2. The Morgan fingerprint density at radius 2 is 1.73 bits per heavy atom. The van der Waals surface area contributed by atoms with Crippen molar-refractivity contribution in [2.24, 2.45) is 0 Å². The van der Waals surface area contributed by atoms with E-state index in [4.69, 9.17) is 18.6 Å². The van der Waals surface area contributed by atoms with Crippen molar-refractivity contribution >= 4 is 29.0 Å². The molecule has 0 radical (unpaired) electrons. The fourth-order valence-corrected chi connectivity index (χ4v) is 5.50. The monoisotopic (exact) mass is 546 g/mol. The van der Waals surface area contributed by atoms with Gasteiger partial charge in [0, 0.05) is 30.0 Å². The van der Waals surface area contributed by atoms with Gasteiger partial charge in [-0.15, -0.1) is 0 Å². The number of ether oxygens (including phenoxy) is 3. The number of allylic oxidation sites excluding steroid dienone is 1. The number of hydrogen-bond donors (Lipinski definition) is 2. The summed E-state index contributed by atoms with van der Waals surface area (Å²) in [6, 6.07) is 13.4. The van der Waals surface area contributed by atoms with Crippen LogP contribution in [0.25, 0.3) is 0 Å². The topological polar surface area (TPSA) is 128 Å². The third-order valence-corrected chi connectivity index (χ3v) is 7.26. The average Bonchev–Trinajstić information content (AvgIpc) is 3.45. The van der Waals surface area contributed by atoms with Crippen molar-refractivity contribution in [1.29, 1.82) is 0 Å². The van der Waals surface area contributed by atoms with Crippen LogP contribution in [0.3, 0.4) is 0 Å². The Kier molecular flexibility index (Phi) is 7.50. The van der Waals surface area contributed by atoms with Gasteiger partial charge in [-0.2, -0.15) is 0 Å². The van der Waals surface area contributed by atoms with Gasteiger partial charge in [0.25, 0.3) is 0 Å². The van der Waals surface area contributed by atoms with E-state index < -0.39 is 17.9 Å². The summed E-state index contributed by atoms with van der Waals surface area (Å²) < 4.78 is 22.3. The molecule has 0 unspecified atom stereocenters. The predicted octanol–water partition coefficient (Wildman–Crippen LogP) is 5.07. The molecule has 2 N–H and O–H groups in total. The maximum atomic E-state index is 14.0. The fraction of sp³-hybridized carbons (Fsp3) is 0.300. The second-order valence-electron chi connectivity index (χ2n) is 9.60. The molecule has 0 fully saturated rings. The van der Waals surface area contributed by atoms with E-state index in [0.29, 0.717) is 57.6 Å². The number of amides is 1. The fourth-order valence-electron chi connectivity index (χ4n) is 5.50. The summed E-state index contributed by atoms with van der Waals surface area (Å²) in [6.07, 6.45) is 1.63. The molecule has 1 aliphatic carbocycles. The Bertz CT molecular complexity index is 1450. The number of carbonyl (C=O) groups excluding carboxylic acids is 2. The summed E-state index contributed by atoms with van der Waals surface area (Å²) in [4.78, 5) is 40.8. The van der Waals surface area contributed by atoms with E-state index >= 15 is 0 Å². The second kappa shape index (κ2) is 11.2. The Balaban J connectivity index is 1.75. The van der Waals surface area contributed by atoms with Crippen LogP contribution < -0.4 is 24.4 Å². The maximum absolute atomic E-state index is 14.0. The first-order valence-corrected chi connectivity index (χ1v) is 12.9. The normalized spacial score (nSPS) is 18.3. The second-order valence-corrected chi connectivity index (χ2v) is 9.60. The highest BCUT2D eigenvalue weighted by Gasteiger charge is 2.42. The zero-order valence-electron chi connectivity index (χ0n) is 22.4. The molecule has 40 heavy (non-hydrogen) atoms. The maximum Gasteiger partial charge on any atom is 0.303 e. The van der Waals surface area contributed by atoms with Gasteiger partial charge in [-0.05, 0) is 48.4 Å². The lowest BCUT2D eigenvalue weighted by atomic mass is 9.80. The molecular weight excluding hydrogens is 516 g/mol. The zero-order chi connectivity index (χ0) is 28.4. The molecular formula is C30H30N2O8. The quantitative estimate of drug-likeness (QED) is 0.398. The number of hydrogen-bond acceptors (Lipinski definition) is 8. The molecule has 1 amide bonds. The highest BCUT2D eigenvalue weighted by Crippen LogP contribution is 2.50. The third-order valence-electron chi connectivity index (χ3n) is 7.26. The number of carboxylic acid groups (broad SMARTS) is 1. The summed E-state index contributed by atoms with van der Waals surface area (Å²) in [5, 5.41) is 12.8. The van der Waals surface area contributed by atoms with Crippen LogP contribution in [-0.4, -0.2) is 44.1 Å². The van der Waals surface area contributed by atoms with Crippen LogP contribution in [-0.2, 0) is 14.4 Å². The zero-order valence-corrected chi connectivity index (χ0v) is 22.4. The summed E-state index contributed by atoms with van der Waals surface area (Å²) in [6.45, 7) is 0. The van der Waals surface area contributed by atoms with E-state index in [9.17, 15) is 19.5 Å². The first-order chi connectivity index (χ1) is 19.4. The van der Waals surface area contributed by atoms with E-state index in [-0.39, 0.29) is 31.0 Å². The van der Waals surface area contributed by atoms with E-state index in [1.54, 1.807) is 36.6 Å². The number of nitrogens with zero attached hydrogens (tertiary/aromatic N) is 1. The highest BCUT2D eigenvalue weighted by molar-refractivity contribution is 6.06. The Morgan fingerprint density at radius 1 is 1.00 bits per heavy atom. The lowest BCUT2D eigenvalue weighted by molar-refractivity contribution is -0.138. The first-order valence-electron chi connectivity index (χ1n) is 12.9. The van der Waals surface area contributed by atoms with Crippen LogP contribution in [0.4, 0.5) is 11.4 Å². The van der Waals surface area contributed by atoms with Crippen molar-refractivity contribution in [3.05, 3.63) is 77.4 Å². The number of benzene rings is 2. The molecule has 10 nitrogen and oxygen atoms in total. The first kappa shape index (κ1) is 26.9. The van der Waals surface area contributed by atoms with Crippen molar-refractivity contribution < 1.29 is 38.1 Å².